The summed E-state index contributed by atoms with van der Waals surface area (Å²) in [6, 6.07) is 4.77. The molecule has 2 heterocycles. The summed E-state index contributed by atoms with van der Waals surface area (Å²) in [6.07, 6.45) is 6.44. The Morgan fingerprint density at radius 3 is 3.24 bits per heavy atom. The zero-order valence-corrected chi connectivity index (χ0v) is 10.6. The number of rotatable bonds is 4. The SMILES string of the molecule is CCc1cccnc1CNC1CCCOCC1. The molecule has 1 fully saturated rings. The first-order valence-corrected chi connectivity index (χ1v) is 6.64. The number of aromatic nitrogens is 1. The Hall–Kier alpha value is -0.930. The first kappa shape index (κ1) is 12.5. The van der Waals surface area contributed by atoms with Gasteiger partial charge in [0.1, 0.15) is 0 Å². The fourth-order valence-electron chi connectivity index (χ4n) is 2.30. The molecule has 2 rings (SSSR count). The van der Waals surface area contributed by atoms with E-state index in [0.717, 1.165) is 32.6 Å². The topological polar surface area (TPSA) is 34.2 Å². The van der Waals surface area contributed by atoms with Crippen LogP contribution in [-0.4, -0.2) is 24.2 Å². The molecule has 0 saturated carbocycles. The number of pyridine rings is 1. The molecule has 3 heteroatoms. The van der Waals surface area contributed by atoms with Gasteiger partial charge in [0, 0.05) is 32.0 Å². The minimum Gasteiger partial charge on any atom is -0.381 e. The van der Waals surface area contributed by atoms with Crippen LogP contribution < -0.4 is 5.32 Å². The van der Waals surface area contributed by atoms with Crippen molar-refractivity contribution in [1.82, 2.24) is 10.3 Å². The highest BCUT2D eigenvalue weighted by molar-refractivity contribution is 5.19. The van der Waals surface area contributed by atoms with Crippen LogP contribution in [-0.2, 0) is 17.7 Å². The third-order valence-electron chi connectivity index (χ3n) is 3.38. The molecule has 1 atom stereocenters. The van der Waals surface area contributed by atoms with Crippen LogP contribution in [0.3, 0.4) is 0 Å². The molecule has 0 amide bonds. The Kier molecular flexibility index (Phi) is 4.95. The Morgan fingerprint density at radius 2 is 2.35 bits per heavy atom. The van der Waals surface area contributed by atoms with Gasteiger partial charge in [-0.25, -0.2) is 0 Å². The van der Waals surface area contributed by atoms with E-state index in [1.165, 1.54) is 24.1 Å². The monoisotopic (exact) mass is 234 g/mol. The average Bonchev–Trinajstić information content (AvgIpc) is 2.65. The van der Waals surface area contributed by atoms with Gasteiger partial charge in [-0.3, -0.25) is 4.98 Å². The maximum Gasteiger partial charge on any atom is 0.0573 e. The van der Waals surface area contributed by atoms with Crippen molar-refractivity contribution in [3.8, 4) is 0 Å². The molecule has 0 radical (unpaired) electrons. The van der Waals surface area contributed by atoms with Crippen LogP contribution in [0.5, 0.6) is 0 Å². The molecule has 0 bridgehead atoms. The maximum absolute atomic E-state index is 5.47. The number of nitrogens with one attached hydrogen (secondary N) is 1. The summed E-state index contributed by atoms with van der Waals surface area (Å²) in [7, 11) is 0. The van der Waals surface area contributed by atoms with Crippen molar-refractivity contribution >= 4 is 0 Å². The second-order valence-electron chi connectivity index (χ2n) is 4.58. The molecule has 1 saturated heterocycles. The largest absolute Gasteiger partial charge is 0.381 e. The van der Waals surface area contributed by atoms with E-state index in [9.17, 15) is 0 Å². The Bertz CT molecular complexity index is 333. The fraction of sp³-hybridized carbons (Fsp3) is 0.643. The highest BCUT2D eigenvalue weighted by atomic mass is 16.5. The van der Waals surface area contributed by atoms with Gasteiger partial charge in [0.05, 0.1) is 5.69 Å². The highest BCUT2D eigenvalue weighted by Gasteiger charge is 2.12. The van der Waals surface area contributed by atoms with Gasteiger partial charge in [-0.2, -0.15) is 0 Å². The van der Waals surface area contributed by atoms with Crippen molar-refractivity contribution < 1.29 is 4.74 Å². The van der Waals surface area contributed by atoms with E-state index in [1.54, 1.807) is 0 Å². The zero-order valence-electron chi connectivity index (χ0n) is 10.6. The molecule has 1 aliphatic rings. The van der Waals surface area contributed by atoms with E-state index >= 15 is 0 Å². The molecular formula is C14H22N2O. The highest BCUT2D eigenvalue weighted by Crippen LogP contribution is 2.10. The van der Waals surface area contributed by atoms with E-state index in [-0.39, 0.29) is 0 Å². The maximum atomic E-state index is 5.47. The van der Waals surface area contributed by atoms with E-state index in [2.05, 4.69) is 23.3 Å². The van der Waals surface area contributed by atoms with Gasteiger partial charge in [0.25, 0.3) is 0 Å². The molecule has 1 aromatic heterocycles. The van der Waals surface area contributed by atoms with Gasteiger partial charge in [0.15, 0.2) is 0 Å². The van der Waals surface area contributed by atoms with Crippen LogP contribution in [0.15, 0.2) is 18.3 Å². The first-order chi connectivity index (χ1) is 8.40. The minimum absolute atomic E-state index is 0.587. The van der Waals surface area contributed by atoms with E-state index in [4.69, 9.17) is 4.74 Å². The molecule has 1 aliphatic heterocycles. The van der Waals surface area contributed by atoms with Crippen LogP contribution in [0.4, 0.5) is 0 Å². The van der Waals surface area contributed by atoms with Gasteiger partial charge < -0.3 is 10.1 Å². The van der Waals surface area contributed by atoms with Gasteiger partial charge in [-0.05, 0) is 37.3 Å². The number of hydrogen-bond donors (Lipinski definition) is 1. The van der Waals surface area contributed by atoms with Gasteiger partial charge in [0.2, 0.25) is 0 Å². The minimum atomic E-state index is 0.587. The lowest BCUT2D eigenvalue weighted by Crippen LogP contribution is -2.29. The predicted molar refractivity (Wildman–Crippen MR) is 68.9 cm³/mol. The Labute approximate surface area is 104 Å². The van der Waals surface area contributed by atoms with Gasteiger partial charge >= 0.3 is 0 Å². The molecule has 1 N–H and O–H groups in total. The standard InChI is InChI=1S/C14H22N2O/c1-2-12-5-3-8-15-14(12)11-16-13-6-4-9-17-10-7-13/h3,5,8,13,16H,2,4,6-7,9-11H2,1H3. The van der Waals surface area contributed by atoms with Crippen LogP contribution in [0, 0.1) is 0 Å². The summed E-state index contributed by atoms with van der Waals surface area (Å²) >= 11 is 0. The summed E-state index contributed by atoms with van der Waals surface area (Å²) in [6.45, 7) is 4.87. The molecule has 3 nitrogen and oxygen atoms in total. The zero-order chi connectivity index (χ0) is 11.9. The van der Waals surface area contributed by atoms with Crippen LogP contribution in [0.2, 0.25) is 0 Å². The van der Waals surface area contributed by atoms with Crippen molar-refractivity contribution in [3.05, 3.63) is 29.6 Å². The predicted octanol–water partition coefficient (Wildman–Crippen LogP) is 2.30. The third kappa shape index (κ3) is 3.79. The fourth-order valence-corrected chi connectivity index (χ4v) is 2.30. The van der Waals surface area contributed by atoms with E-state index in [1.807, 2.05) is 12.3 Å². The smallest absolute Gasteiger partial charge is 0.0573 e. The third-order valence-corrected chi connectivity index (χ3v) is 3.38. The molecule has 1 aromatic rings. The van der Waals surface area contributed by atoms with Crippen molar-refractivity contribution in [2.45, 2.75) is 45.2 Å². The lowest BCUT2D eigenvalue weighted by molar-refractivity contribution is 0.142. The second-order valence-corrected chi connectivity index (χ2v) is 4.58. The molecule has 1 unspecified atom stereocenters. The summed E-state index contributed by atoms with van der Waals surface area (Å²) in [4.78, 5) is 4.46. The second kappa shape index (κ2) is 6.72. The number of hydrogen-bond acceptors (Lipinski definition) is 3. The summed E-state index contributed by atoms with van der Waals surface area (Å²) in [5.74, 6) is 0. The summed E-state index contributed by atoms with van der Waals surface area (Å²) in [5, 5.41) is 3.61. The van der Waals surface area contributed by atoms with Crippen LogP contribution >= 0.6 is 0 Å². The lowest BCUT2D eigenvalue weighted by atomic mass is 10.1. The molecular weight excluding hydrogens is 212 g/mol. The van der Waals surface area contributed by atoms with E-state index < -0.39 is 0 Å². The van der Waals surface area contributed by atoms with Crippen LogP contribution in [0.25, 0.3) is 0 Å². The van der Waals surface area contributed by atoms with Crippen molar-refractivity contribution in [3.63, 3.8) is 0 Å². The van der Waals surface area contributed by atoms with Crippen molar-refractivity contribution in [1.29, 1.82) is 0 Å². The molecule has 0 spiro atoms. The van der Waals surface area contributed by atoms with E-state index in [0.29, 0.717) is 6.04 Å². The normalized spacial score (nSPS) is 21.1. The van der Waals surface area contributed by atoms with Crippen molar-refractivity contribution in [2.75, 3.05) is 13.2 Å². The lowest BCUT2D eigenvalue weighted by Gasteiger charge is -2.16. The van der Waals surface area contributed by atoms with Crippen molar-refractivity contribution in [2.24, 2.45) is 0 Å². The molecule has 17 heavy (non-hydrogen) atoms. The quantitative estimate of drug-likeness (QED) is 0.868. The summed E-state index contributed by atoms with van der Waals surface area (Å²) in [5.41, 5.74) is 2.55. The molecule has 94 valence electrons. The Morgan fingerprint density at radius 1 is 1.41 bits per heavy atom. The summed E-state index contributed by atoms with van der Waals surface area (Å²) < 4.78 is 5.47. The van der Waals surface area contributed by atoms with Crippen LogP contribution in [0.1, 0.15) is 37.4 Å². The average molecular weight is 234 g/mol. The van der Waals surface area contributed by atoms with Gasteiger partial charge in [-0.15, -0.1) is 0 Å². The Balaban J connectivity index is 1.87. The number of aryl methyl sites for hydroxylation is 1. The first-order valence-electron chi connectivity index (χ1n) is 6.64. The number of nitrogens with zero attached hydrogens (tertiary/aromatic N) is 1. The van der Waals surface area contributed by atoms with Gasteiger partial charge in [-0.1, -0.05) is 13.0 Å². The molecule has 0 aliphatic carbocycles. The number of ether oxygens (including phenoxy) is 1. The molecule has 0 aromatic carbocycles.